The smallest absolute Gasteiger partial charge is 0.335 e. The van der Waals surface area contributed by atoms with E-state index in [2.05, 4.69) is 10.3 Å². The number of carboxylic acids is 1. The minimum Gasteiger partial charge on any atom is -0.478 e. The standard InChI is InChI=1S/C13H11ClN2O3/c1-7-2-3-8(13(18)19)4-10(7)16-12(17)11-5-9(14)6-15-11/h2-6,15H,1H3,(H,16,17)(H,18,19). The lowest BCUT2D eigenvalue weighted by Gasteiger charge is -2.08. The molecule has 5 nitrogen and oxygen atoms in total. The van der Waals surface area contributed by atoms with Crippen LogP contribution < -0.4 is 5.32 Å². The molecule has 3 N–H and O–H groups in total. The minimum atomic E-state index is -1.04. The molecule has 1 aromatic carbocycles. The molecule has 1 amide bonds. The molecule has 0 spiro atoms. The third kappa shape index (κ3) is 2.95. The Morgan fingerprint density at radius 3 is 2.63 bits per heavy atom. The van der Waals surface area contributed by atoms with Crippen molar-refractivity contribution in [3.05, 3.63) is 52.3 Å². The van der Waals surface area contributed by atoms with Gasteiger partial charge in [0.05, 0.1) is 10.6 Å². The van der Waals surface area contributed by atoms with Crippen LogP contribution in [0.2, 0.25) is 5.02 Å². The van der Waals surface area contributed by atoms with Gasteiger partial charge in [0.25, 0.3) is 5.91 Å². The van der Waals surface area contributed by atoms with Crippen molar-refractivity contribution in [1.82, 2.24) is 4.98 Å². The predicted octanol–water partition coefficient (Wildman–Crippen LogP) is 2.93. The SMILES string of the molecule is Cc1ccc(C(=O)O)cc1NC(=O)c1cc(Cl)c[nH]1. The molecule has 0 saturated carbocycles. The Balaban J connectivity index is 2.25. The number of hydrogen-bond donors (Lipinski definition) is 3. The van der Waals surface area contributed by atoms with Gasteiger partial charge in [-0.2, -0.15) is 0 Å². The molecule has 0 aliphatic heterocycles. The Morgan fingerprint density at radius 1 is 1.32 bits per heavy atom. The van der Waals surface area contributed by atoms with Crippen LogP contribution in [0.1, 0.15) is 26.4 Å². The van der Waals surface area contributed by atoms with E-state index < -0.39 is 5.97 Å². The number of amides is 1. The summed E-state index contributed by atoms with van der Waals surface area (Å²) in [6, 6.07) is 6.03. The summed E-state index contributed by atoms with van der Waals surface area (Å²) in [5.41, 5.74) is 1.65. The van der Waals surface area contributed by atoms with Crippen LogP contribution in [0.5, 0.6) is 0 Å². The highest BCUT2D eigenvalue weighted by Crippen LogP contribution is 2.18. The van der Waals surface area contributed by atoms with Crippen LogP contribution in [0.3, 0.4) is 0 Å². The molecule has 0 fully saturated rings. The number of carbonyl (C=O) groups excluding carboxylic acids is 1. The van der Waals surface area contributed by atoms with E-state index in [4.69, 9.17) is 16.7 Å². The van der Waals surface area contributed by atoms with E-state index in [0.717, 1.165) is 5.56 Å². The summed E-state index contributed by atoms with van der Waals surface area (Å²) in [5, 5.41) is 12.0. The topological polar surface area (TPSA) is 82.2 Å². The molecular formula is C13H11ClN2O3. The highest BCUT2D eigenvalue weighted by molar-refractivity contribution is 6.31. The van der Waals surface area contributed by atoms with Gasteiger partial charge >= 0.3 is 5.97 Å². The van der Waals surface area contributed by atoms with Crippen molar-refractivity contribution in [2.24, 2.45) is 0 Å². The van der Waals surface area contributed by atoms with Gasteiger partial charge in [-0.05, 0) is 30.7 Å². The lowest BCUT2D eigenvalue weighted by molar-refractivity contribution is 0.0696. The molecule has 98 valence electrons. The number of rotatable bonds is 3. The summed E-state index contributed by atoms with van der Waals surface area (Å²) >= 11 is 5.72. The third-order valence-corrected chi connectivity index (χ3v) is 2.84. The second-order valence-electron chi connectivity index (χ2n) is 4.02. The average Bonchev–Trinajstić information content (AvgIpc) is 2.78. The van der Waals surface area contributed by atoms with Crippen molar-refractivity contribution in [3.8, 4) is 0 Å². The predicted molar refractivity (Wildman–Crippen MR) is 71.9 cm³/mol. The first-order valence-electron chi connectivity index (χ1n) is 5.46. The normalized spacial score (nSPS) is 10.2. The fraction of sp³-hybridized carbons (Fsp3) is 0.0769. The van der Waals surface area contributed by atoms with Gasteiger partial charge in [0.15, 0.2) is 0 Å². The van der Waals surface area contributed by atoms with Gasteiger partial charge in [-0.15, -0.1) is 0 Å². The number of halogens is 1. The van der Waals surface area contributed by atoms with Gasteiger partial charge in [-0.25, -0.2) is 4.79 Å². The van der Waals surface area contributed by atoms with E-state index >= 15 is 0 Å². The van der Waals surface area contributed by atoms with Crippen molar-refractivity contribution in [2.75, 3.05) is 5.32 Å². The summed E-state index contributed by atoms with van der Waals surface area (Å²) < 4.78 is 0. The van der Waals surface area contributed by atoms with Crippen LogP contribution in [-0.2, 0) is 0 Å². The minimum absolute atomic E-state index is 0.116. The zero-order chi connectivity index (χ0) is 14.0. The Labute approximate surface area is 114 Å². The molecule has 1 aromatic heterocycles. The maximum Gasteiger partial charge on any atom is 0.335 e. The largest absolute Gasteiger partial charge is 0.478 e. The van der Waals surface area contributed by atoms with E-state index in [1.165, 1.54) is 24.4 Å². The molecule has 0 atom stereocenters. The molecule has 0 radical (unpaired) electrons. The highest BCUT2D eigenvalue weighted by Gasteiger charge is 2.11. The van der Waals surface area contributed by atoms with Crippen LogP contribution >= 0.6 is 11.6 Å². The Bertz CT molecular complexity index is 649. The maximum atomic E-state index is 11.9. The Hall–Kier alpha value is -2.27. The second kappa shape index (κ2) is 5.16. The number of nitrogens with one attached hydrogen (secondary N) is 2. The number of benzene rings is 1. The summed E-state index contributed by atoms with van der Waals surface area (Å²) in [6.07, 6.45) is 1.50. The van der Waals surface area contributed by atoms with Gasteiger partial charge in [0.1, 0.15) is 5.69 Å². The number of H-pyrrole nitrogens is 1. The Kier molecular flexibility index (Phi) is 3.57. The van der Waals surface area contributed by atoms with Gasteiger partial charge in [0, 0.05) is 11.9 Å². The first-order valence-corrected chi connectivity index (χ1v) is 5.84. The maximum absolute atomic E-state index is 11.9. The third-order valence-electron chi connectivity index (χ3n) is 2.63. The van der Waals surface area contributed by atoms with E-state index in [0.29, 0.717) is 16.4 Å². The number of aromatic carboxylic acids is 1. The lowest BCUT2D eigenvalue weighted by atomic mass is 10.1. The first kappa shape index (κ1) is 13.2. The molecule has 0 aliphatic rings. The molecule has 2 aromatic rings. The van der Waals surface area contributed by atoms with Gasteiger partial charge in [-0.3, -0.25) is 4.79 Å². The number of carbonyl (C=O) groups is 2. The van der Waals surface area contributed by atoms with E-state index in [1.807, 2.05) is 0 Å². The summed E-state index contributed by atoms with van der Waals surface area (Å²) in [5.74, 6) is -1.42. The van der Waals surface area contributed by atoms with Crippen molar-refractivity contribution in [2.45, 2.75) is 6.92 Å². The fourth-order valence-electron chi connectivity index (χ4n) is 1.58. The van der Waals surface area contributed by atoms with Gasteiger partial charge in [-0.1, -0.05) is 17.7 Å². The monoisotopic (exact) mass is 278 g/mol. The van der Waals surface area contributed by atoms with Crippen molar-refractivity contribution in [3.63, 3.8) is 0 Å². The lowest BCUT2D eigenvalue weighted by Crippen LogP contribution is -2.13. The summed E-state index contributed by atoms with van der Waals surface area (Å²) in [4.78, 5) is 25.5. The number of carboxylic acid groups (broad SMARTS) is 1. The molecule has 2 rings (SSSR count). The zero-order valence-corrected chi connectivity index (χ0v) is 10.8. The molecule has 0 bridgehead atoms. The van der Waals surface area contributed by atoms with Crippen LogP contribution in [0.15, 0.2) is 30.5 Å². The van der Waals surface area contributed by atoms with Crippen LogP contribution in [0.25, 0.3) is 0 Å². The number of aromatic nitrogens is 1. The molecule has 19 heavy (non-hydrogen) atoms. The molecule has 6 heteroatoms. The van der Waals surface area contributed by atoms with Crippen LogP contribution in [-0.4, -0.2) is 22.0 Å². The zero-order valence-electron chi connectivity index (χ0n) is 10.0. The van der Waals surface area contributed by atoms with Crippen molar-refractivity contribution >= 4 is 29.2 Å². The van der Waals surface area contributed by atoms with Crippen molar-refractivity contribution < 1.29 is 14.7 Å². The second-order valence-corrected chi connectivity index (χ2v) is 4.46. The average molecular weight is 279 g/mol. The fourth-order valence-corrected chi connectivity index (χ4v) is 1.74. The van der Waals surface area contributed by atoms with Crippen molar-refractivity contribution in [1.29, 1.82) is 0 Å². The van der Waals surface area contributed by atoms with Crippen LogP contribution in [0, 0.1) is 6.92 Å². The van der Waals surface area contributed by atoms with E-state index in [1.54, 1.807) is 13.0 Å². The number of aromatic amines is 1. The molecule has 0 aliphatic carbocycles. The number of anilines is 1. The quantitative estimate of drug-likeness (QED) is 0.807. The molecule has 0 saturated heterocycles. The molecule has 1 heterocycles. The van der Waals surface area contributed by atoms with Crippen LogP contribution in [0.4, 0.5) is 5.69 Å². The first-order chi connectivity index (χ1) is 8.97. The molecule has 0 unspecified atom stereocenters. The van der Waals surface area contributed by atoms with E-state index in [9.17, 15) is 9.59 Å². The highest BCUT2D eigenvalue weighted by atomic mass is 35.5. The van der Waals surface area contributed by atoms with Gasteiger partial charge in [0.2, 0.25) is 0 Å². The summed E-state index contributed by atoms with van der Waals surface area (Å²) in [6.45, 7) is 1.78. The number of aryl methyl sites for hydroxylation is 1. The van der Waals surface area contributed by atoms with E-state index in [-0.39, 0.29) is 11.5 Å². The Morgan fingerprint density at radius 2 is 2.05 bits per heavy atom. The van der Waals surface area contributed by atoms with Gasteiger partial charge < -0.3 is 15.4 Å². The molecular weight excluding hydrogens is 268 g/mol. The number of hydrogen-bond acceptors (Lipinski definition) is 2. The summed E-state index contributed by atoms with van der Waals surface area (Å²) in [7, 11) is 0.